The first-order chi connectivity index (χ1) is 12.2. The van der Waals surface area contributed by atoms with Gasteiger partial charge in [-0.1, -0.05) is 18.2 Å². The third-order valence-corrected chi connectivity index (χ3v) is 4.24. The van der Waals surface area contributed by atoms with E-state index in [4.69, 9.17) is 0 Å². The van der Waals surface area contributed by atoms with Gasteiger partial charge >= 0.3 is 0 Å². The molecule has 0 spiro atoms. The maximum Gasteiger partial charge on any atom is 0.253 e. The smallest absolute Gasteiger partial charge is 0.253 e. The van der Waals surface area contributed by atoms with Gasteiger partial charge in [0.2, 0.25) is 5.91 Å². The van der Waals surface area contributed by atoms with Crippen LogP contribution in [0.4, 0.5) is 0 Å². The lowest BCUT2D eigenvalue weighted by atomic mass is 10.2. The van der Waals surface area contributed by atoms with Crippen LogP contribution in [0.25, 0.3) is 6.08 Å². The normalized spacial score (nSPS) is 15.2. The molecular formula is C20H21N3O2. The predicted octanol–water partition coefficient (Wildman–Crippen LogP) is 2.47. The molecule has 0 saturated carbocycles. The van der Waals surface area contributed by atoms with E-state index < -0.39 is 0 Å². The summed E-state index contributed by atoms with van der Waals surface area (Å²) >= 11 is 0. The molecule has 128 valence electrons. The number of carbonyl (C=O) groups is 2. The van der Waals surface area contributed by atoms with Crippen molar-refractivity contribution in [1.82, 2.24) is 14.8 Å². The van der Waals surface area contributed by atoms with Gasteiger partial charge in [0, 0.05) is 50.2 Å². The molecule has 1 aliphatic heterocycles. The molecule has 1 aromatic heterocycles. The second-order valence-electron chi connectivity index (χ2n) is 5.95. The largest absolute Gasteiger partial charge is 0.337 e. The van der Waals surface area contributed by atoms with Crippen LogP contribution in [0.2, 0.25) is 0 Å². The number of hydrogen-bond acceptors (Lipinski definition) is 3. The SMILES string of the molecule is O=C(/C=C/c1ccncc1)N1CCCN(C(=O)c2ccccc2)CC1. The highest BCUT2D eigenvalue weighted by Gasteiger charge is 2.21. The Kier molecular flexibility index (Phi) is 5.57. The van der Waals surface area contributed by atoms with Crippen molar-refractivity contribution < 1.29 is 9.59 Å². The van der Waals surface area contributed by atoms with Gasteiger partial charge in [-0.05, 0) is 42.3 Å². The van der Waals surface area contributed by atoms with E-state index in [-0.39, 0.29) is 11.8 Å². The Balaban J connectivity index is 1.59. The van der Waals surface area contributed by atoms with E-state index in [9.17, 15) is 9.59 Å². The maximum absolute atomic E-state index is 12.5. The van der Waals surface area contributed by atoms with Crippen LogP contribution < -0.4 is 0 Å². The van der Waals surface area contributed by atoms with Gasteiger partial charge in [-0.25, -0.2) is 0 Å². The maximum atomic E-state index is 12.5. The van der Waals surface area contributed by atoms with Crippen LogP contribution in [0, 0.1) is 0 Å². The van der Waals surface area contributed by atoms with E-state index in [1.54, 1.807) is 29.4 Å². The van der Waals surface area contributed by atoms with Gasteiger partial charge in [0.15, 0.2) is 0 Å². The Labute approximate surface area is 147 Å². The van der Waals surface area contributed by atoms with Crippen molar-refractivity contribution in [3.05, 3.63) is 72.1 Å². The minimum atomic E-state index is -0.0224. The average molecular weight is 335 g/mol. The van der Waals surface area contributed by atoms with E-state index in [0.29, 0.717) is 31.7 Å². The van der Waals surface area contributed by atoms with Crippen molar-refractivity contribution in [2.45, 2.75) is 6.42 Å². The number of rotatable bonds is 3. The molecule has 0 unspecified atom stereocenters. The van der Waals surface area contributed by atoms with E-state index in [0.717, 1.165) is 12.0 Å². The summed E-state index contributed by atoms with van der Waals surface area (Å²) < 4.78 is 0. The molecule has 1 saturated heterocycles. The second kappa shape index (κ2) is 8.24. The number of aromatic nitrogens is 1. The minimum absolute atomic E-state index is 0.0224. The van der Waals surface area contributed by atoms with Gasteiger partial charge in [0.05, 0.1) is 0 Å². The number of carbonyl (C=O) groups excluding carboxylic acids is 2. The van der Waals surface area contributed by atoms with Crippen LogP contribution in [-0.2, 0) is 4.79 Å². The van der Waals surface area contributed by atoms with Gasteiger partial charge in [-0.15, -0.1) is 0 Å². The summed E-state index contributed by atoms with van der Waals surface area (Å²) in [6, 6.07) is 13.0. The fourth-order valence-corrected chi connectivity index (χ4v) is 2.85. The topological polar surface area (TPSA) is 53.5 Å². The predicted molar refractivity (Wildman–Crippen MR) is 96.8 cm³/mol. The summed E-state index contributed by atoms with van der Waals surface area (Å²) in [4.78, 5) is 32.5. The summed E-state index contributed by atoms with van der Waals surface area (Å²) in [5, 5.41) is 0. The van der Waals surface area contributed by atoms with Gasteiger partial charge in [-0.2, -0.15) is 0 Å². The first-order valence-corrected chi connectivity index (χ1v) is 8.45. The summed E-state index contributed by atoms with van der Waals surface area (Å²) in [7, 11) is 0. The highest BCUT2D eigenvalue weighted by atomic mass is 16.2. The van der Waals surface area contributed by atoms with Crippen LogP contribution in [0.15, 0.2) is 60.9 Å². The molecule has 2 aromatic rings. The Bertz CT molecular complexity index is 744. The van der Waals surface area contributed by atoms with E-state index in [1.165, 1.54) is 0 Å². The third-order valence-electron chi connectivity index (χ3n) is 4.24. The Morgan fingerprint density at radius 1 is 0.880 bits per heavy atom. The molecule has 0 atom stereocenters. The molecule has 1 aliphatic rings. The zero-order chi connectivity index (χ0) is 17.5. The summed E-state index contributed by atoms with van der Waals surface area (Å²) in [6.07, 6.45) is 7.56. The standard InChI is InChI=1S/C20H21N3O2/c24-19(8-7-17-9-11-21-12-10-17)22-13-4-14-23(16-15-22)20(25)18-5-2-1-3-6-18/h1-3,5-12H,4,13-16H2/b8-7+. The first-order valence-electron chi connectivity index (χ1n) is 8.45. The van der Waals surface area contributed by atoms with Crippen molar-refractivity contribution >= 4 is 17.9 Å². The number of hydrogen-bond donors (Lipinski definition) is 0. The van der Waals surface area contributed by atoms with E-state index >= 15 is 0 Å². The fourth-order valence-electron chi connectivity index (χ4n) is 2.85. The molecule has 0 aliphatic carbocycles. The zero-order valence-corrected chi connectivity index (χ0v) is 14.0. The van der Waals surface area contributed by atoms with Crippen molar-refractivity contribution in [2.75, 3.05) is 26.2 Å². The van der Waals surface area contributed by atoms with E-state index in [2.05, 4.69) is 4.98 Å². The van der Waals surface area contributed by atoms with Crippen LogP contribution >= 0.6 is 0 Å². The third kappa shape index (κ3) is 4.53. The molecule has 25 heavy (non-hydrogen) atoms. The number of nitrogens with zero attached hydrogens (tertiary/aromatic N) is 3. The molecule has 5 nitrogen and oxygen atoms in total. The van der Waals surface area contributed by atoms with Crippen molar-refractivity contribution in [3.8, 4) is 0 Å². The fraction of sp³-hybridized carbons (Fsp3) is 0.250. The number of pyridine rings is 1. The lowest BCUT2D eigenvalue weighted by Gasteiger charge is -2.21. The first kappa shape index (κ1) is 16.9. The molecule has 2 amide bonds. The Morgan fingerprint density at radius 2 is 1.56 bits per heavy atom. The zero-order valence-electron chi connectivity index (χ0n) is 14.0. The molecule has 0 N–H and O–H groups in total. The molecule has 3 rings (SSSR count). The molecular weight excluding hydrogens is 314 g/mol. The lowest BCUT2D eigenvalue weighted by Crippen LogP contribution is -2.36. The molecule has 5 heteroatoms. The van der Waals surface area contributed by atoms with Crippen LogP contribution in [0.3, 0.4) is 0 Å². The summed E-state index contributed by atoms with van der Waals surface area (Å²) in [5.74, 6) is 0.00745. The molecule has 1 aromatic carbocycles. The van der Waals surface area contributed by atoms with E-state index in [1.807, 2.05) is 47.4 Å². The Morgan fingerprint density at radius 3 is 2.32 bits per heavy atom. The minimum Gasteiger partial charge on any atom is -0.337 e. The monoisotopic (exact) mass is 335 g/mol. The van der Waals surface area contributed by atoms with Gasteiger partial charge < -0.3 is 9.80 Å². The summed E-state index contributed by atoms with van der Waals surface area (Å²) in [6.45, 7) is 2.45. The highest BCUT2D eigenvalue weighted by molar-refractivity contribution is 5.94. The van der Waals surface area contributed by atoms with Crippen molar-refractivity contribution in [2.24, 2.45) is 0 Å². The molecule has 0 radical (unpaired) electrons. The van der Waals surface area contributed by atoms with Crippen LogP contribution in [0.5, 0.6) is 0 Å². The molecule has 2 heterocycles. The van der Waals surface area contributed by atoms with Gasteiger partial charge in [0.25, 0.3) is 5.91 Å². The number of benzene rings is 1. The quantitative estimate of drug-likeness (QED) is 0.810. The molecule has 0 bridgehead atoms. The summed E-state index contributed by atoms with van der Waals surface area (Å²) in [5.41, 5.74) is 1.64. The van der Waals surface area contributed by atoms with Gasteiger partial charge in [0.1, 0.15) is 0 Å². The Hall–Kier alpha value is -2.95. The van der Waals surface area contributed by atoms with Crippen LogP contribution in [-0.4, -0.2) is 52.8 Å². The second-order valence-corrected chi connectivity index (χ2v) is 5.95. The average Bonchev–Trinajstić information content (AvgIpc) is 2.93. The van der Waals surface area contributed by atoms with Crippen molar-refractivity contribution in [1.29, 1.82) is 0 Å². The van der Waals surface area contributed by atoms with Crippen LogP contribution in [0.1, 0.15) is 22.3 Å². The number of amides is 2. The van der Waals surface area contributed by atoms with Crippen molar-refractivity contribution in [3.63, 3.8) is 0 Å². The van der Waals surface area contributed by atoms with Gasteiger partial charge in [-0.3, -0.25) is 14.6 Å². The highest BCUT2D eigenvalue weighted by Crippen LogP contribution is 2.10. The lowest BCUT2D eigenvalue weighted by molar-refractivity contribution is -0.125. The molecule has 1 fully saturated rings.